The number of hydrogen-bond donors (Lipinski definition) is 2. The number of esters is 1. The monoisotopic (exact) mass is 312 g/mol. The van der Waals surface area contributed by atoms with Gasteiger partial charge >= 0.3 is 5.97 Å². The molecule has 2 rings (SSSR count). The van der Waals surface area contributed by atoms with Gasteiger partial charge in [0.25, 0.3) is 0 Å². The normalized spacial score (nSPS) is 15.8. The lowest BCUT2D eigenvalue weighted by Gasteiger charge is -2.26. The van der Waals surface area contributed by atoms with E-state index in [-0.39, 0.29) is 16.1 Å². The molecule has 1 aromatic rings. The molecule has 0 bridgehead atoms. The van der Waals surface area contributed by atoms with Crippen molar-refractivity contribution in [3.05, 3.63) is 23.8 Å². The minimum Gasteiger partial charge on any atom is -0.465 e. The van der Waals surface area contributed by atoms with Gasteiger partial charge in [-0.2, -0.15) is 0 Å². The number of nitrogens with two attached hydrogens (primary N) is 1. The molecular formula is C14H20N2O4S. The van der Waals surface area contributed by atoms with Crippen molar-refractivity contribution in [1.82, 2.24) is 4.72 Å². The third kappa shape index (κ3) is 3.36. The Morgan fingerprint density at radius 2 is 2.00 bits per heavy atom. The fraction of sp³-hybridized carbons (Fsp3) is 0.500. The van der Waals surface area contributed by atoms with E-state index in [1.165, 1.54) is 25.3 Å². The molecule has 1 saturated carbocycles. The van der Waals surface area contributed by atoms with E-state index in [0.717, 1.165) is 12.8 Å². The summed E-state index contributed by atoms with van der Waals surface area (Å²) in [4.78, 5) is 11.6. The summed E-state index contributed by atoms with van der Waals surface area (Å²) in [6, 6.07) is 4.11. The van der Waals surface area contributed by atoms with Gasteiger partial charge < -0.3 is 10.5 Å². The molecule has 1 fully saturated rings. The van der Waals surface area contributed by atoms with Crippen LogP contribution in [0.15, 0.2) is 23.1 Å². The number of nitrogen functional groups attached to an aromatic ring is 1. The van der Waals surface area contributed by atoms with E-state index in [4.69, 9.17) is 5.73 Å². The van der Waals surface area contributed by atoms with E-state index in [1.807, 2.05) is 13.8 Å². The second-order valence-corrected chi connectivity index (χ2v) is 7.50. The van der Waals surface area contributed by atoms with Gasteiger partial charge in [-0.1, -0.05) is 0 Å². The lowest BCUT2D eigenvalue weighted by Crippen LogP contribution is -2.45. The number of nitrogens with one attached hydrogen (secondary N) is 1. The summed E-state index contributed by atoms with van der Waals surface area (Å²) in [5.41, 5.74) is 5.35. The third-order valence-electron chi connectivity index (χ3n) is 3.70. The zero-order valence-corrected chi connectivity index (χ0v) is 13.2. The summed E-state index contributed by atoms with van der Waals surface area (Å²) in [5.74, 6) is -0.394. The summed E-state index contributed by atoms with van der Waals surface area (Å²) in [7, 11) is -2.66. The Balaban J connectivity index is 2.43. The maximum absolute atomic E-state index is 12.6. The van der Waals surface area contributed by atoms with E-state index in [9.17, 15) is 13.2 Å². The maximum Gasteiger partial charge on any atom is 0.339 e. The van der Waals surface area contributed by atoms with Crippen LogP contribution >= 0.6 is 0 Å². The highest BCUT2D eigenvalue weighted by Gasteiger charge is 2.41. The summed E-state index contributed by atoms with van der Waals surface area (Å²) >= 11 is 0. The van der Waals surface area contributed by atoms with Crippen LogP contribution in [-0.2, 0) is 14.8 Å². The average Bonchev–Trinajstić information content (AvgIpc) is 3.21. The van der Waals surface area contributed by atoms with Gasteiger partial charge in [-0.25, -0.2) is 17.9 Å². The van der Waals surface area contributed by atoms with Crippen LogP contribution in [0.2, 0.25) is 0 Å². The maximum atomic E-state index is 12.6. The molecule has 6 nitrogen and oxygen atoms in total. The van der Waals surface area contributed by atoms with Crippen molar-refractivity contribution in [2.24, 2.45) is 5.92 Å². The molecular weight excluding hydrogens is 292 g/mol. The van der Waals surface area contributed by atoms with Crippen LogP contribution in [0.3, 0.4) is 0 Å². The minimum absolute atomic E-state index is 0.0224. The molecule has 0 radical (unpaired) electrons. The first kappa shape index (κ1) is 15.8. The first-order valence-corrected chi connectivity index (χ1v) is 8.17. The van der Waals surface area contributed by atoms with Crippen molar-refractivity contribution in [2.45, 2.75) is 37.1 Å². The van der Waals surface area contributed by atoms with Crippen molar-refractivity contribution in [2.75, 3.05) is 12.8 Å². The summed E-state index contributed by atoms with van der Waals surface area (Å²) in [5, 5.41) is 0. The molecule has 0 aliphatic heterocycles. The molecule has 7 heteroatoms. The van der Waals surface area contributed by atoms with Gasteiger partial charge in [-0.3, -0.25) is 0 Å². The van der Waals surface area contributed by atoms with Crippen molar-refractivity contribution in [1.29, 1.82) is 0 Å². The molecule has 1 aliphatic rings. The summed E-state index contributed by atoms with van der Waals surface area (Å²) in [6.45, 7) is 3.68. The minimum atomic E-state index is -3.86. The number of sulfonamides is 1. The Morgan fingerprint density at radius 1 is 1.38 bits per heavy atom. The molecule has 116 valence electrons. The van der Waals surface area contributed by atoms with Crippen molar-refractivity contribution in [3.63, 3.8) is 0 Å². The highest BCUT2D eigenvalue weighted by Crippen LogP contribution is 2.40. The molecule has 0 unspecified atom stereocenters. The molecule has 0 spiro atoms. The number of ether oxygens (including phenoxy) is 1. The number of methoxy groups -OCH3 is 1. The third-order valence-corrected chi connectivity index (χ3v) is 5.41. The molecule has 21 heavy (non-hydrogen) atoms. The average molecular weight is 312 g/mol. The van der Waals surface area contributed by atoms with Crippen molar-refractivity contribution >= 4 is 21.7 Å². The van der Waals surface area contributed by atoms with Gasteiger partial charge in [0.2, 0.25) is 10.0 Å². The first-order valence-electron chi connectivity index (χ1n) is 6.69. The van der Waals surface area contributed by atoms with E-state index in [2.05, 4.69) is 9.46 Å². The summed E-state index contributed by atoms with van der Waals surface area (Å²) in [6.07, 6.45) is 1.99. The van der Waals surface area contributed by atoms with Crippen LogP contribution < -0.4 is 10.5 Å². The number of rotatable bonds is 5. The first-order chi connectivity index (χ1) is 9.67. The van der Waals surface area contributed by atoms with E-state index < -0.39 is 21.5 Å². The second-order valence-electron chi connectivity index (χ2n) is 5.85. The van der Waals surface area contributed by atoms with E-state index in [1.54, 1.807) is 0 Å². The van der Waals surface area contributed by atoms with Gasteiger partial charge in [0, 0.05) is 11.2 Å². The molecule has 3 N–H and O–H groups in total. The Morgan fingerprint density at radius 3 is 2.52 bits per heavy atom. The quantitative estimate of drug-likeness (QED) is 0.634. The molecule has 1 aliphatic carbocycles. The lowest BCUT2D eigenvalue weighted by atomic mass is 10.0. The van der Waals surface area contributed by atoms with Crippen LogP contribution in [0.25, 0.3) is 0 Å². The highest BCUT2D eigenvalue weighted by molar-refractivity contribution is 7.89. The van der Waals surface area contributed by atoms with Gasteiger partial charge in [0.1, 0.15) is 0 Å². The number of carbonyl (C=O) groups is 1. The predicted molar refractivity (Wildman–Crippen MR) is 79.3 cm³/mol. The number of carbonyl (C=O) groups excluding carboxylic acids is 1. The predicted octanol–water partition coefficient (Wildman–Crippen LogP) is 1.52. The number of benzene rings is 1. The smallest absolute Gasteiger partial charge is 0.339 e. The van der Waals surface area contributed by atoms with Gasteiger partial charge in [0.15, 0.2) is 0 Å². The van der Waals surface area contributed by atoms with E-state index >= 15 is 0 Å². The highest BCUT2D eigenvalue weighted by atomic mass is 32.2. The van der Waals surface area contributed by atoms with E-state index in [0.29, 0.717) is 5.92 Å². The zero-order valence-electron chi connectivity index (χ0n) is 12.3. The van der Waals surface area contributed by atoms with Crippen LogP contribution in [0.4, 0.5) is 5.69 Å². The lowest BCUT2D eigenvalue weighted by molar-refractivity contribution is 0.0596. The van der Waals surface area contributed by atoms with Gasteiger partial charge in [0.05, 0.1) is 17.6 Å². The number of anilines is 1. The second kappa shape index (κ2) is 5.31. The van der Waals surface area contributed by atoms with Gasteiger partial charge in [-0.15, -0.1) is 0 Å². The summed E-state index contributed by atoms with van der Waals surface area (Å²) < 4.78 is 32.5. The van der Waals surface area contributed by atoms with Crippen molar-refractivity contribution in [3.8, 4) is 0 Å². The molecule has 0 aromatic heterocycles. The molecule has 0 heterocycles. The standard InChI is InChI=1S/C14H20N2O4S/c1-14(2,9-4-5-9)16-21(18,19)12-8-10(15)6-7-11(12)13(17)20-3/h6-9,16H,4-5,15H2,1-3H3. The Bertz CT molecular complexity index is 664. The Hall–Kier alpha value is -1.60. The van der Waals surface area contributed by atoms with Crippen LogP contribution in [-0.4, -0.2) is 27.0 Å². The topological polar surface area (TPSA) is 98.5 Å². The van der Waals surface area contributed by atoms with Crippen LogP contribution in [0.5, 0.6) is 0 Å². The van der Waals surface area contributed by atoms with Gasteiger partial charge in [-0.05, 0) is 50.8 Å². The molecule has 0 amide bonds. The SMILES string of the molecule is COC(=O)c1ccc(N)cc1S(=O)(=O)NC(C)(C)C1CC1. The fourth-order valence-corrected chi connectivity index (χ4v) is 4.03. The molecule has 0 saturated heterocycles. The van der Waals surface area contributed by atoms with Crippen molar-refractivity contribution < 1.29 is 17.9 Å². The Kier molecular flexibility index (Phi) is 3.99. The Labute approximate surface area is 124 Å². The molecule has 0 atom stereocenters. The van der Waals surface area contributed by atoms with Crippen LogP contribution in [0, 0.1) is 5.92 Å². The zero-order chi connectivity index (χ0) is 15.8. The largest absolute Gasteiger partial charge is 0.465 e. The number of hydrogen-bond acceptors (Lipinski definition) is 5. The fourth-order valence-electron chi connectivity index (χ4n) is 2.33. The molecule has 1 aromatic carbocycles. The van der Waals surface area contributed by atoms with Crippen LogP contribution in [0.1, 0.15) is 37.0 Å².